The van der Waals surface area contributed by atoms with E-state index < -0.39 is 10.9 Å². The van der Waals surface area contributed by atoms with E-state index in [-0.39, 0.29) is 28.8 Å². The smallest absolute Gasteiger partial charge is 0.338 e. The van der Waals surface area contributed by atoms with Gasteiger partial charge in [0.2, 0.25) is 0 Å². The predicted molar refractivity (Wildman–Crippen MR) is 110 cm³/mol. The van der Waals surface area contributed by atoms with Crippen LogP contribution >= 0.6 is 22.7 Å². The predicted octanol–water partition coefficient (Wildman–Crippen LogP) is 4.29. The maximum absolute atomic E-state index is 13.4. The number of hydrogen-bond donors (Lipinski definition) is 0. The molecule has 1 aromatic carbocycles. The summed E-state index contributed by atoms with van der Waals surface area (Å²) in [4.78, 5) is 40.1. The summed E-state index contributed by atoms with van der Waals surface area (Å²) in [5.41, 5.74) is 0.832. The zero-order chi connectivity index (χ0) is 20.5. The van der Waals surface area contributed by atoms with Gasteiger partial charge >= 0.3 is 5.97 Å². The van der Waals surface area contributed by atoms with Crippen LogP contribution in [0, 0.1) is 10.1 Å². The monoisotopic (exact) mass is 428 g/mol. The molecule has 3 heterocycles. The van der Waals surface area contributed by atoms with Crippen molar-refractivity contribution in [3.63, 3.8) is 0 Å². The van der Waals surface area contributed by atoms with Gasteiger partial charge in [-0.1, -0.05) is 6.07 Å². The number of thiophene rings is 2. The third-order valence-electron chi connectivity index (χ3n) is 4.84. The van der Waals surface area contributed by atoms with Crippen molar-refractivity contribution in [2.45, 2.75) is 12.5 Å². The average Bonchev–Trinajstić information content (AvgIpc) is 3.43. The normalized spacial score (nSPS) is 15.6. The molecular weight excluding hydrogens is 412 g/mol. The highest BCUT2D eigenvalue weighted by Crippen LogP contribution is 2.40. The number of nitrogens with zero attached hydrogens (tertiary/aromatic N) is 2. The summed E-state index contributed by atoms with van der Waals surface area (Å²) >= 11 is 3.23. The number of nitro benzene ring substituents is 1. The lowest BCUT2D eigenvalue weighted by molar-refractivity contribution is -0.384. The summed E-state index contributed by atoms with van der Waals surface area (Å²) in [5, 5.41) is 15.3. The molecule has 1 amide bonds. The number of fused-ring (bicyclic) bond motifs is 1. The molecule has 0 saturated heterocycles. The van der Waals surface area contributed by atoms with Gasteiger partial charge in [0.25, 0.3) is 11.6 Å². The van der Waals surface area contributed by atoms with Crippen molar-refractivity contribution in [2.75, 3.05) is 13.7 Å². The minimum Gasteiger partial charge on any atom is -0.465 e. The van der Waals surface area contributed by atoms with Gasteiger partial charge in [-0.25, -0.2) is 4.79 Å². The topological polar surface area (TPSA) is 89.8 Å². The highest BCUT2D eigenvalue weighted by atomic mass is 32.1. The fraction of sp³-hybridized carbons (Fsp3) is 0.200. The number of nitro groups is 1. The number of ether oxygens (including phenoxy) is 1. The fourth-order valence-electron chi connectivity index (χ4n) is 3.53. The molecule has 0 N–H and O–H groups in total. The molecule has 7 nitrogen and oxygen atoms in total. The molecule has 1 aliphatic rings. The van der Waals surface area contributed by atoms with Crippen molar-refractivity contribution in [1.29, 1.82) is 0 Å². The van der Waals surface area contributed by atoms with Crippen molar-refractivity contribution in [1.82, 2.24) is 4.90 Å². The summed E-state index contributed by atoms with van der Waals surface area (Å²) in [6.07, 6.45) is 0.722. The molecule has 0 spiro atoms. The molecule has 0 aliphatic carbocycles. The molecule has 148 valence electrons. The molecular formula is C20H16N2O5S2. The first-order valence-corrected chi connectivity index (χ1v) is 10.5. The molecule has 2 aromatic heterocycles. The van der Waals surface area contributed by atoms with Gasteiger partial charge in [0, 0.05) is 34.0 Å². The Morgan fingerprint density at radius 2 is 1.97 bits per heavy atom. The van der Waals surface area contributed by atoms with Crippen LogP contribution in [0.2, 0.25) is 0 Å². The molecule has 1 unspecified atom stereocenters. The third-order valence-corrected chi connectivity index (χ3v) is 6.76. The van der Waals surface area contributed by atoms with Crippen molar-refractivity contribution in [3.8, 4) is 0 Å². The Labute approximate surface area is 174 Å². The van der Waals surface area contributed by atoms with Crippen molar-refractivity contribution in [3.05, 3.63) is 83.7 Å². The number of carbonyl (C=O) groups is 2. The van der Waals surface area contributed by atoms with Gasteiger partial charge in [-0.3, -0.25) is 14.9 Å². The summed E-state index contributed by atoms with van der Waals surface area (Å²) in [5.74, 6) is -1.08. The zero-order valence-electron chi connectivity index (χ0n) is 15.4. The van der Waals surface area contributed by atoms with Gasteiger partial charge in [-0.05, 0) is 40.9 Å². The standard InChI is InChI=1S/C20H16N2O5S2/c1-27-20(24)13-9-12(10-14(11-13)22(25)26)19(23)21-6-4-16-15(5-8-29-16)18(21)17-3-2-7-28-17/h2-3,5,7-11,18H,4,6H2,1H3. The maximum Gasteiger partial charge on any atom is 0.338 e. The van der Waals surface area contributed by atoms with E-state index in [1.807, 2.05) is 29.0 Å². The lowest BCUT2D eigenvalue weighted by atomic mass is 9.97. The first-order valence-electron chi connectivity index (χ1n) is 8.78. The molecule has 4 rings (SSSR count). The van der Waals surface area contributed by atoms with Crippen LogP contribution in [0.25, 0.3) is 0 Å². The number of methoxy groups -OCH3 is 1. The van der Waals surface area contributed by atoms with Crippen molar-refractivity contribution < 1.29 is 19.2 Å². The zero-order valence-corrected chi connectivity index (χ0v) is 17.0. The highest BCUT2D eigenvalue weighted by Gasteiger charge is 2.34. The molecule has 0 fully saturated rings. The van der Waals surface area contributed by atoms with Gasteiger partial charge in [-0.15, -0.1) is 22.7 Å². The number of benzene rings is 1. The summed E-state index contributed by atoms with van der Waals surface area (Å²) < 4.78 is 4.68. The van der Waals surface area contributed by atoms with Crippen LogP contribution in [0.3, 0.4) is 0 Å². The Kier molecular flexibility index (Phi) is 5.16. The van der Waals surface area contributed by atoms with Crippen LogP contribution in [0.1, 0.15) is 42.1 Å². The van der Waals surface area contributed by atoms with E-state index in [9.17, 15) is 19.7 Å². The molecule has 3 aromatic rings. The molecule has 1 atom stereocenters. The first kappa shape index (κ1) is 19.3. The van der Waals surface area contributed by atoms with Gasteiger partial charge in [-0.2, -0.15) is 0 Å². The Balaban J connectivity index is 1.78. The van der Waals surface area contributed by atoms with Crippen molar-refractivity contribution >= 4 is 40.2 Å². The number of hydrogen-bond acceptors (Lipinski definition) is 7. The first-order chi connectivity index (χ1) is 14.0. The van der Waals surface area contributed by atoms with Crippen LogP contribution in [0.4, 0.5) is 5.69 Å². The molecule has 1 aliphatic heterocycles. The van der Waals surface area contributed by atoms with Crippen LogP contribution in [0.15, 0.2) is 47.2 Å². The average molecular weight is 428 g/mol. The maximum atomic E-state index is 13.4. The lowest BCUT2D eigenvalue weighted by Gasteiger charge is -2.35. The van der Waals surface area contributed by atoms with Crippen molar-refractivity contribution in [2.24, 2.45) is 0 Å². The SMILES string of the molecule is COC(=O)c1cc(C(=O)N2CCc3sccc3C2c2cccs2)cc([N+](=O)[O-])c1. The number of esters is 1. The van der Waals surface area contributed by atoms with Crippen LogP contribution in [-0.4, -0.2) is 35.4 Å². The quantitative estimate of drug-likeness (QED) is 0.351. The van der Waals surface area contributed by atoms with E-state index in [1.54, 1.807) is 27.6 Å². The Morgan fingerprint density at radius 3 is 2.66 bits per heavy atom. The molecule has 29 heavy (non-hydrogen) atoms. The van der Waals surface area contributed by atoms with Gasteiger partial charge in [0.05, 0.1) is 23.6 Å². The van der Waals surface area contributed by atoms with Crippen LogP contribution in [-0.2, 0) is 11.2 Å². The van der Waals surface area contributed by atoms with Gasteiger partial charge in [0.1, 0.15) is 0 Å². The fourth-order valence-corrected chi connectivity index (χ4v) is 5.29. The van der Waals surface area contributed by atoms with E-state index in [1.165, 1.54) is 24.1 Å². The van der Waals surface area contributed by atoms with Gasteiger partial charge in [0.15, 0.2) is 0 Å². The molecule has 9 heteroatoms. The number of non-ortho nitro benzene ring substituents is 1. The van der Waals surface area contributed by atoms with Crippen LogP contribution < -0.4 is 0 Å². The second-order valence-electron chi connectivity index (χ2n) is 6.48. The lowest BCUT2D eigenvalue weighted by Crippen LogP contribution is -2.39. The van der Waals surface area contributed by atoms with E-state index in [0.29, 0.717) is 6.54 Å². The minimum absolute atomic E-state index is 0.0223. The van der Waals surface area contributed by atoms with E-state index in [2.05, 4.69) is 4.74 Å². The summed E-state index contributed by atoms with van der Waals surface area (Å²) in [6.45, 7) is 0.491. The van der Waals surface area contributed by atoms with Crippen LogP contribution in [0.5, 0.6) is 0 Å². The Hall–Kier alpha value is -3.04. The molecule has 0 saturated carbocycles. The second-order valence-corrected chi connectivity index (χ2v) is 8.46. The number of amides is 1. The van der Waals surface area contributed by atoms with E-state index >= 15 is 0 Å². The number of rotatable bonds is 4. The van der Waals surface area contributed by atoms with E-state index in [0.717, 1.165) is 22.9 Å². The third kappa shape index (κ3) is 3.54. The summed E-state index contributed by atoms with van der Waals surface area (Å²) in [6, 6.07) is 9.38. The number of carbonyl (C=O) groups excluding carboxylic acids is 2. The largest absolute Gasteiger partial charge is 0.465 e. The molecule has 0 radical (unpaired) electrons. The van der Waals surface area contributed by atoms with Gasteiger partial charge < -0.3 is 9.64 Å². The molecule has 0 bridgehead atoms. The second kappa shape index (κ2) is 7.76. The van der Waals surface area contributed by atoms with E-state index in [4.69, 9.17) is 0 Å². The Bertz CT molecular complexity index is 1090. The highest BCUT2D eigenvalue weighted by molar-refractivity contribution is 7.10. The Morgan fingerprint density at radius 1 is 1.17 bits per heavy atom. The minimum atomic E-state index is -0.726. The summed E-state index contributed by atoms with van der Waals surface area (Å²) in [7, 11) is 1.19.